The maximum atomic E-state index is 14.8. The lowest BCUT2D eigenvalue weighted by Crippen LogP contribution is -2.76. The maximum Gasteiger partial charge on any atom is 0.303 e. The molecule has 0 amide bonds. The molecule has 6 fully saturated rings. The van der Waals surface area contributed by atoms with Gasteiger partial charge in [0, 0.05) is 28.4 Å². The van der Waals surface area contributed by atoms with Gasteiger partial charge >= 0.3 is 5.97 Å². The topological polar surface area (TPSA) is 89.5 Å². The molecule has 65 heavy (non-hydrogen) atoms. The lowest BCUT2D eigenvalue weighted by atomic mass is 9.99. The van der Waals surface area contributed by atoms with Crippen LogP contribution >= 0.6 is 23.5 Å². The van der Waals surface area contributed by atoms with Gasteiger partial charge < -0.3 is 27.8 Å². The number of hydrogen-bond donors (Lipinski definition) is 0. The fraction of sp³-hybridized carbons (Fsp3) is 0.404. The molecular formula is C52H60O8S3Si2. The van der Waals surface area contributed by atoms with Crippen LogP contribution in [0.3, 0.4) is 0 Å². The van der Waals surface area contributed by atoms with Crippen LogP contribution in [0.25, 0.3) is 0 Å². The highest BCUT2D eigenvalue weighted by atomic mass is 32.2. The van der Waals surface area contributed by atoms with Crippen LogP contribution in [0, 0.1) is 0 Å². The standard InChI is InChI=1S/C52H60O8S3Si2/c1-35(53)55-43-41-33-61-47(45(43)59-64(51(2,3)4,37-25-15-9-16-26-37)38-27-17-10-18-28-38)49(56-41)58-44-42-34-63(54)48(50(57-42)62-36-23-13-8-14-24-36)46(44)60-65(52(5,6)7,39-29-19-11-20-30-39)40-31-21-12-22-32-40/h8-32,41-50H,33-34H2,1-7H3/t41-,42-,43-,44-,45+,46+,47+,48+,49-,50-,63+/m1/s1. The van der Waals surface area contributed by atoms with Crippen molar-refractivity contribution in [3.8, 4) is 0 Å². The Morgan fingerprint density at radius 3 is 1.51 bits per heavy atom. The van der Waals surface area contributed by atoms with Crippen molar-refractivity contribution in [1.82, 2.24) is 0 Å². The van der Waals surface area contributed by atoms with Crippen LogP contribution in [0.1, 0.15) is 48.5 Å². The summed E-state index contributed by atoms with van der Waals surface area (Å²) in [5, 5.41) is 2.91. The number of carbonyl (C=O) groups excluding carboxylic acids is 1. The molecule has 6 saturated heterocycles. The Morgan fingerprint density at radius 2 is 1.06 bits per heavy atom. The van der Waals surface area contributed by atoms with E-state index in [9.17, 15) is 9.00 Å². The predicted molar refractivity (Wildman–Crippen MR) is 268 cm³/mol. The summed E-state index contributed by atoms with van der Waals surface area (Å²) in [5.74, 6) is 0.539. The second-order valence-corrected chi connectivity index (χ2v) is 32.0. The van der Waals surface area contributed by atoms with E-state index in [1.807, 2.05) is 42.5 Å². The normalized spacial score (nSPS) is 29.1. The van der Waals surface area contributed by atoms with Crippen molar-refractivity contribution in [1.29, 1.82) is 0 Å². The van der Waals surface area contributed by atoms with Crippen LogP contribution in [0.2, 0.25) is 10.1 Å². The molecule has 6 heterocycles. The number of rotatable bonds is 13. The van der Waals surface area contributed by atoms with Crippen molar-refractivity contribution in [2.24, 2.45) is 0 Å². The molecule has 5 aromatic carbocycles. The first-order valence-corrected chi connectivity index (χ1v) is 29.8. The van der Waals surface area contributed by atoms with E-state index in [-0.39, 0.29) is 21.3 Å². The first-order valence-electron chi connectivity index (χ1n) is 22.6. The average Bonchev–Trinajstić information content (AvgIpc) is 3.29. The molecule has 5 aromatic rings. The lowest BCUT2D eigenvalue weighted by Gasteiger charge is -2.57. The smallest absolute Gasteiger partial charge is 0.303 e. The summed E-state index contributed by atoms with van der Waals surface area (Å²) in [6.07, 6.45) is -4.36. The molecule has 0 unspecified atom stereocenters. The Balaban J connectivity index is 1.15. The molecule has 0 radical (unpaired) electrons. The fourth-order valence-electron chi connectivity index (χ4n) is 10.5. The van der Waals surface area contributed by atoms with Gasteiger partial charge in [-0.1, -0.05) is 193 Å². The lowest BCUT2D eigenvalue weighted by molar-refractivity contribution is -0.288. The highest BCUT2D eigenvalue weighted by Gasteiger charge is 2.64. The number of ether oxygens (including phenoxy) is 4. The quantitative estimate of drug-likeness (QED) is 0.0866. The summed E-state index contributed by atoms with van der Waals surface area (Å²) in [6, 6.07) is 52.4. The van der Waals surface area contributed by atoms with Gasteiger partial charge in [0.15, 0.2) is 12.4 Å². The number of carbonyl (C=O) groups is 1. The third-order valence-electron chi connectivity index (χ3n) is 13.3. The van der Waals surface area contributed by atoms with Crippen molar-refractivity contribution in [2.45, 2.75) is 122 Å². The van der Waals surface area contributed by atoms with E-state index in [2.05, 4.69) is 151 Å². The summed E-state index contributed by atoms with van der Waals surface area (Å²) >= 11 is 3.34. The summed E-state index contributed by atoms with van der Waals surface area (Å²) < 4.78 is 58.3. The van der Waals surface area contributed by atoms with Gasteiger partial charge in [0.2, 0.25) is 0 Å². The third kappa shape index (κ3) is 8.84. The molecule has 11 atom stereocenters. The third-order valence-corrected chi connectivity index (χ3v) is 27.9. The summed E-state index contributed by atoms with van der Waals surface area (Å²) in [7, 11) is -7.69. The second-order valence-electron chi connectivity index (χ2n) is 19.5. The first kappa shape index (κ1) is 46.8. The highest BCUT2D eigenvalue weighted by Crippen LogP contribution is 2.50. The van der Waals surface area contributed by atoms with Gasteiger partial charge in [-0.3, -0.25) is 9.00 Å². The van der Waals surface area contributed by atoms with Gasteiger partial charge in [-0.05, 0) is 43.0 Å². The van der Waals surface area contributed by atoms with Crippen molar-refractivity contribution >= 4 is 77.7 Å². The number of fused-ring (bicyclic) bond motifs is 6. The second kappa shape index (κ2) is 19.0. The van der Waals surface area contributed by atoms with Crippen LogP contribution in [0.5, 0.6) is 0 Å². The number of hydrogen-bond acceptors (Lipinski definition) is 10. The van der Waals surface area contributed by atoms with Crippen LogP contribution in [0.4, 0.5) is 0 Å². The van der Waals surface area contributed by atoms with Gasteiger partial charge in [0.1, 0.15) is 23.7 Å². The van der Waals surface area contributed by atoms with E-state index in [1.165, 1.54) is 6.92 Å². The molecule has 0 spiro atoms. The van der Waals surface area contributed by atoms with Crippen molar-refractivity contribution in [2.75, 3.05) is 11.5 Å². The molecule has 0 aromatic heterocycles. The van der Waals surface area contributed by atoms with Crippen molar-refractivity contribution in [3.05, 3.63) is 152 Å². The van der Waals surface area contributed by atoms with E-state index < -0.39 is 81.0 Å². The molecule has 0 aliphatic carbocycles. The minimum Gasteiger partial charge on any atom is -0.457 e. The summed E-state index contributed by atoms with van der Waals surface area (Å²) in [5.41, 5.74) is -0.447. The average molecular weight is 965 g/mol. The fourth-order valence-corrected chi connectivity index (χ4v) is 24.7. The largest absolute Gasteiger partial charge is 0.457 e. The van der Waals surface area contributed by atoms with E-state index in [0.717, 1.165) is 25.6 Å². The van der Waals surface area contributed by atoms with Crippen LogP contribution in [-0.4, -0.2) is 97.2 Å². The molecule has 4 bridgehead atoms. The maximum absolute atomic E-state index is 14.8. The Morgan fingerprint density at radius 1 is 0.615 bits per heavy atom. The van der Waals surface area contributed by atoms with Crippen LogP contribution in [-0.2, 0) is 43.4 Å². The van der Waals surface area contributed by atoms with Gasteiger partial charge in [-0.15, -0.1) is 11.8 Å². The molecule has 0 N–H and O–H groups in total. The van der Waals surface area contributed by atoms with Gasteiger partial charge in [-0.2, -0.15) is 0 Å². The zero-order chi connectivity index (χ0) is 45.6. The van der Waals surface area contributed by atoms with Crippen molar-refractivity contribution < 1.29 is 36.8 Å². The zero-order valence-electron chi connectivity index (χ0n) is 38.1. The Labute approximate surface area is 397 Å². The predicted octanol–water partition coefficient (Wildman–Crippen LogP) is 7.68. The number of thioether (sulfide) groups is 2. The SMILES string of the molecule is CC(=O)O[C@H]1[C@H](O[Si](c2ccccc2)(c2ccccc2)C(C)(C)C)[C@@H]2SC[C@H]1O[C@@H]2O[C@H]1[C@H](O[Si](c2ccccc2)(c2ccccc2)C(C)(C)C)[C@H]2[C@@H](Sc3ccccc3)O[C@@H]1C[S@@]2=O. The Hall–Kier alpha value is -3.35. The zero-order valence-corrected chi connectivity index (χ0v) is 42.6. The van der Waals surface area contributed by atoms with Gasteiger partial charge in [0.05, 0.1) is 28.5 Å². The molecule has 13 heteroatoms. The van der Waals surface area contributed by atoms with Gasteiger partial charge in [-0.25, -0.2) is 0 Å². The summed E-state index contributed by atoms with van der Waals surface area (Å²) in [6.45, 7) is 15.0. The highest BCUT2D eigenvalue weighted by molar-refractivity contribution is 8.01. The Kier molecular flexibility index (Phi) is 13.6. The Bertz CT molecular complexity index is 2330. The van der Waals surface area contributed by atoms with Crippen molar-refractivity contribution in [3.63, 3.8) is 0 Å². The number of esters is 1. The monoisotopic (exact) mass is 964 g/mol. The molecule has 6 aliphatic rings. The van der Waals surface area contributed by atoms with Crippen LogP contribution in [0.15, 0.2) is 157 Å². The first-order chi connectivity index (χ1) is 31.2. The van der Waals surface area contributed by atoms with E-state index >= 15 is 0 Å². The molecule has 6 aliphatic heterocycles. The van der Waals surface area contributed by atoms with E-state index in [1.54, 1.807) is 23.5 Å². The number of benzene rings is 5. The van der Waals surface area contributed by atoms with Crippen LogP contribution < -0.4 is 20.7 Å². The molecule has 0 saturated carbocycles. The van der Waals surface area contributed by atoms with E-state index in [0.29, 0.717) is 11.5 Å². The molecule has 11 rings (SSSR count). The minimum atomic E-state index is -3.22. The van der Waals surface area contributed by atoms with E-state index in [4.69, 9.17) is 27.8 Å². The molecule has 342 valence electrons. The molecule has 8 nitrogen and oxygen atoms in total. The summed E-state index contributed by atoms with van der Waals surface area (Å²) in [4.78, 5) is 14.0. The van der Waals surface area contributed by atoms with Gasteiger partial charge in [0.25, 0.3) is 16.6 Å². The molecular weight excluding hydrogens is 905 g/mol. The minimum absolute atomic E-state index is 0.313.